The van der Waals surface area contributed by atoms with E-state index in [-0.39, 0.29) is 17.2 Å². The Bertz CT molecular complexity index is 883. The normalized spacial score (nSPS) is 12.5. The highest BCUT2D eigenvalue weighted by molar-refractivity contribution is 9.10. The summed E-state index contributed by atoms with van der Waals surface area (Å²) < 4.78 is 0.987. The second kappa shape index (κ2) is 11.6. The SMILES string of the molecule is CC(C)CNC(=O)[C@H](C)N(Cc1ccc(Br)cc1)C(=O)CCc1ccc(C(C)(C)C)cc1. The lowest BCUT2D eigenvalue weighted by Crippen LogP contribution is -2.48. The summed E-state index contributed by atoms with van der Waals surface area (Å²) in [5.74, 6) is 0.233. The van der Waals surface area contributed by atoms with E-state index in [1.807, 2.05) is 31.2 Å². The Morgan fingerprint density at radius 1 is 0.938 bits per heavy atom. The van der Waals surface area contributed by atoms with E-state index in [9.17, 15) is 9.59 Å². The third-order valence-corrected chi connectivity index (χ3v) is 6.09. The van der Waals surface area contributed by atoms with Crippen LogP contribution in [-0.2, 0) is 28.0 Å². The van der Waals surface area contributed by atoms with Crippen LogP contribution >= 0.6 is 15.9 Å². The van der Waals surface area contributed by atoms with Gasteiger partial charge in [-0.2, -0.15) is 0 Å². The lowest BCUT2D eigenvalue weighted by atomic mass is 9.86. The van der Waals surface area contributed by atoms with Gasteiger partial charge in [0.1, 0.15) is 6.04 Å². The summed E-state index contributed by atoms with van der Waals surface area (Å²) in [4.78, 5) is 27.7. The average molecular weight is 502 g/mol. The quantitative estimate of drug-likeness (QED) is 0.467. The summed E-state index contributed by atoms with van der Waals surface area (Å²) in [6, 6.07) is 15.8. The van der Waals surface area contributed by atoms with Crippen molar-refractivity contribution in [3.63, 3.8) is 0 Å². The molecular weight excluding hydrogens is 464 g/mol. The molecule has 0 aliphatic rings. The summed E-state index contributed by atoms with van der Waals surface area (Å²) in [6.07, 6.45) is 1.02. The number of halogens is 1. The number of benzene rings is 2. The molecule has 0 unspecified atom stereocenters. The van der Waals surface area contributed by atoms with Crippen LogP contribution in [0.25, 0.3) is 0 Å². The van der Waals surface area contributed by atoms with E-state index >= 15 is 0 Å². The number of amides is 2. The van der Waals surface area contributed by atoms with Crippen molar-refractivity contribution in [3.05, 3.63) is 69.7 Å². The van der Waals surface area contributed by atoms with Crippen molar-refractivity contribution in [2.45, 2.75) is 72.4 Å². The first-order valence-electron chi connectivity index (χ1n) is 11.4. The molecule has 32 heavy (non-hydrogen) atoms. The van der Waals surface area contributed by atoms with Crippen LogP contribution in [0.3, 0.4) is 0 Å². The molecule has 0 radical (unpaired) electrons. The summed E-state index contributed by atoms with van der Waals surface area (Å²) in [5.41, 5.74) is 3.51. The lowest BCUT2D eigenvalue weighted by molar-refractivity contribution is -0.140. The standard InChI is InChI=1S/C27H37BrN2O2/c1-19(2)17-29-26(32)20(3)30(18-22-9-14-24(28)15-10-22)25(31)16-11-21-7-12-23(13-8-21)27(4,5)6/h7-10,12-15,19-20H,11,16-18H2,1-6H3,(H,29,32)/t20-/m0/s1. The number of hydrogen-bond acceptors (Lipinski definition) is 2. The zero-order valence-electron chi connectivity index (χ0n) is 20.2. The maximum atomic E-state index is 13.2. The number of nitrogens with zero attached hydrogens (tertiary/aromatic N) is 1. The van der Waals surface area contributed by atoms with Gasteiger partial charge < -0.3 is 10.2 Å². The van der Waals surface area contributed by atoms with E-state index in [2.05, 4.69) is 80.1 Å². The summed E-state index contributed by atoms with van der Waals surface area (Å²) in [7, 11) is 0. The first-order chi connectivity index (χ1) is 15.0. The fourth-order valence-corrected chi connectivity index (χ4v) is 3.65. The molecule has 0 spiro atoms. The highest BCUT2D eigenvalue weighted by Crippen LogP contribution is 2.23. The van der Waals surface area contributed by atoms with Crippen molar-refractivity contribution in [2.75, 3.05) is 6.54 Å². The first kappa shape index (κ1) is 26.1. The molecule has 2 aromatic rings. The van der Waals surface area contributed by atoms with Crippen LogP contribution in [-0.4, -0.2) is 29.3 Å². The minimum atomic E-state index is -0.534. The summed E-state index contributed by atoms with van der Waals surface area (Å²) in [6.45, 7) is 13.5. The molecule has 2 aromatic carbocycles. The molecule has 0 aliphatic carbocycles. The summed E-state index contributed by atoms with van der Waals surface area (Å²) in [5, 5.41) is 2.97. The van der Waals surface area contributed by atoms with Crippen molar-refractivity contribution in [1.82, 2.24) is 10.2 Å². The van der Waals surface area contributed by atoms with Crippen LogP contribution in [0.5, 0.6) is 0 Å². The van der Waals surface area contributed by atoms with Crippen LogP contribution in [0.4, 0.5) is 0 Å². The highest BCUT2D eigenvalue weighted by atomic mass is 79.9. The van der Waals surface area contributed by atoms with Crippen molar-refractivity contribution >= 4 is 27.7 Å². The monoisotopic (exact) mass is 500 g/mol. The van der Waals surface area contributed by atoms with Gasteiger partial charge in [-0.15, -0.1) is 0 Å². The fourth-order valence-electron chi connectivity index (χ4n) is 3.39. The van der Waals surface area contributed by atoms with Gasteiger partial charge in [-0.05, 0) is 53.5 Å². The van der Waals surface area contributed by atoms with Gasteiger partial charge in [-0.3, -0.25) is 9.59 Å². The average Bonchev–Trinajstić information content (AvgIpc) is 2.74. The molecule has 0 aromatic heterocycles. The van der Waals surface area contributed by atoms with Gasteiger partial charge >= 0.3 is 0 Å². The Kier molecular flexibility index (Phi) is 9.50. The van der Waals surface area contributed by atoms with Gasteiger partial charge in [0.15, 0.2) is 0 Å². The van der Waals surface area contributed by atoms with E-state index in [0.29, 0.717) is 31.8 Å². The van der Waals surface area contributed by atoms with E-state index < -0.39 is 6.04 Å². The molecule has 2 amide bonds. The third-order valence-electron chi connectivity index (χ3n) is 5.57. The molecular formula is C27H37BrN2O2. The molecule has 1 N–H and O–H groups in total. The van der Waals surface area contributed by atoms with Crippen LogP contribution < -0.4 is 5.32 Å². The fraction of sp³-hybridized carbons (Fsp3) is 0.481. The van der Waals surface area contributed by atoms with Crippen molar-refractivity contribution in [3.8, 4) is 0 Å². The Labute approximate surface area is 201 Å². The van der Waals surface area contributed by atoms with Crippen LogP contribution in [0, 0.1) is 5.92 Å². The zero-order valence-corrected chi connectivity index (χ0v) is 21.8. The van der Waals surface area contributed by atoms with Crippen LogP contribution in [0.1, 0.15) is 64.7 Å². The molecule has 0 fully saturated rings. The molecule has 1 atom stereocenters. The maximum Gasteiger partial charge on any atom is 0.242 e. The molecule has 174 valence electrons. The number of carbonyl (C=O) groups excluding carboxylic acids is 2. The van der Waals surface area contributed by atoms with Crippen molar-refractivity contribution in [2.24, 2.45) is 5.92 Å². The Morgan fingerprint density at radius 3 is 2.03 bits per heavy atom. The van der Waals surface area contributed by atoms with Gasteiger partial charge in [0.25, 0.3) is 0 Å². The van der Waals surface area contributed by atoms with Crippen LogP contribution in [0.2, 0.25) is 0 Å². The largest absolute Gasteiger partial charge is 0.354 e. The predicted octanol–water partition coefficient (Wildman–Crippen LogP) is 5.87. The van der Waals surface area contributed by atoms with Crippen molar-refractivity contribution < 1.29 is 9.59 Å². The molecule has 4 nitrogen and oxygen atoms in total. The molecule has 0 saturated carbocycles. The predicted molar refractivity (Wildman–Crippen MR) is 135 cm³/mol. The first-order valence-corrected chi connectivity index (χ1v) is 12.2. The number of hydrogen-bond donors (Lipinski definition) is 1. The smallest absolute Gasteiger partial charge is 0.242 e. The second-order valence-corrected chi connectivity index (χ2v) is 10.8. The van der Waals surface area contributed by atoms with Gasteiger partial charge in [-0.1, -0.05) is 86.9 Å². The van der Waals surface area contributed by atoms with E-state index in [4.69, 9.17) is 0 Å². The lowest BCUT2D eigenvalue weighted by Gasteiger charge is -2.29. The Balaban J connectivity index is 2.11. The minimum absolute atomic E-state index is 0.0139. The number of nitrogens with one attached hydrogen (secondary N) is 1. The number of carbonyl (C=O) groups is 2. The van der Waals surface area contributed by atoms with Crippen LogP contribution in [0.15, 0.2) is 53.0 Å². The number of aryl methyl sites for hydroxylation is 1. The van der Waals surface area contributed by atoms with E-state index in [1.165, 1.54) is 5.56 Å². The van der Waals surface area contributed by atoms with Crippen molar-refractivity contribution in [1.29, 1.82) is 0 Å². The van der Waals surface area contributed by atoms with Gasteiger partial charge in [0.2, 0.25) is 11.8 Å². The molecule has 0 aliphatic heterocycles. The topological polar surface area (TPSA) is 49.4 Å². The second-order valence-electron chi connectivity index (χ2n) is 9.91. The van der Waals surface area contributed by atoms with Gasteiger partial charge in [0, 0.05) is 24.0 Å². The van der Waals surface area contributed by atoms with Gasteiger partial charge in [-0.25, -0.2) is 0 Å². The summed E-state index contributed by atoms with van der Waals surface area (Å²) >= 11 is 3.45. The Hall–Kier alpha value is -2.14. The minimum Gasteiger partial charge on any atom is -0.354 e. The Morgan fingerprint density at radius 2 is 1.50 bits per heavy atom. The maximum absolute atomic E-state index is 13.2. The molecule has 5 heteroatoms. The van der Waals surface area contributed by atoms with E-state index in [1.54, 1.807) is 4.90 Å². The molecule has 0 saturated heterocycles. The molecule has 2 rings (SSSR count). The number of rotatable bonds is 9. The highest BCUT2D eigenvalue weighted by Gasteiger charge is 2.26. The zero-order chi connectivity index (χ0) is 23.9. The molecule has 0 bridgehead atoms. The van der Waals surface area contributed by atoms with E-state index in [0.717, 1.165) is 15.6 Å². The molecule has 0 heterocycles. The third kappa shape index (κ3) is 8.09. The van der Waals surface area contributed by atoms with Gasteiger partial charge in [0.05, 0.1) is 0 Å².